The van der Waals surface area contributed by atoms with Gasteiger partial charge in [-0.15, -0.1) is 0 Å². The minimum Gasteiger partial charge on any atom is -0.493 e. The summed E-state index contributed by atoms with van der Waals surface area (Å²) in [4.78, 5) is 11.2. The zero-order valence-electron chi connectivity index (χ0n) is 10.6. The molecule has 1 aliphatic rings. The van der Waals surface area contributed by atoms with E-state index < -0.39 is 6.04 Å². The SMILES string of the molecule is COC(=O)[C@@H](N)Cc1ccc(OCC2CC2)cc1. The Kier molecular flexibility index (Phi) is 4.20. The van der Waals surface area contributed by atoms with Crippen LogP contribution < -0.4 is 10.5 Å². The molecule has 1 aromatic rings. The molecule has 0 unspecified atom stereocenters. The first-order valence-electron chi connectivity index (χ1n) is 6.24. The average Bonchev–Trinajstić information content (AvgIpc) is 3.21. The number of carbonyl (C=O) groups excluding carboxylic acids is 1. The first kappa shape index (κ1) is 12.9. The van der Waals surface area contributed by atoms with E-state index in [4.69, 9.17) is 10.5 Å². The fraction of sp³-hybridized carbons (Fsp3) is 0.500. The maximum absolute atomic E-state index is 11.2. The van der Waals surface area contributed by atoms with Crippen LogP contribution in [0.25, 0.3) is 0 Å². The zero-order valence-corrected chi connectivity index (χ0v) is 10.6. The smallest absolute Gasteiger partial charge is 0.322 e. The van der Waals surface area contributed by atoms with Gasteiger partial charge in [-0.05, 0) is 42.9 Å². The van der Waals surface area contributed by atoms with Crippen molar-refractivity contribution < 1.29 is 14.3 Å². The monoisotopic (exact) mass is 249 g/mol. The summed E-state index contributed by atoms with van der Waals surface area (Å²) in [6, 6.07) is 7.10. The normalized spacial score (nSPS) is 16.1. The lowest BCUT2D eigenvalue weighted by Gasteiger charge is -2.10. The third kappa shape index (κ3) is 3.74. The maximum atomic E-state index is 11.2. The molecule has 0 aromatic heterocycles. The predicted octanol–water partition coefficient (Wildman–Crippen LogP) is 1.52. The predicted molar refractivity (Wildman–Crippen MR) is 68.4 cm³/mol. The molecule has 98 valence electrons. The number of methoxy groups -OCH3 is 1. The second kappa shape index (κ2) is 5.87. The largest absolute Gasteiger partial charge is 0.493 e. The van der Waals surface area contributed by atoms with E-state index in [1.807, 2.05) is 24.3 Å². The summed E-state index contributed by atoms with van der Waals surface area (Å²) in [6.45, 7) is 0.807. The van der Waals surface area contributed by atoms with Gasteiger partial charge in [-0.1, -0.05) is 12.1 Å². The quantitative estimate of drug-likeness (QED) is 0.776. The van der Waals surface area contributed by atoms with E-state index in [9.17, 15) is 4.79 Å². The molecule has 0 aliphatic heterocycles. The van der Waals surface area contributed by atoms with Gasteiger partial charge in [0.05, 0.1) is 13.7 Å². The van der Waals surface area contributed by atoms with E-state index in [0.717, 1.165) is 23.8 Å². The van der Waals surface area contributed by atoms with Gasteiger partial charge < -0.3 is 15.2 Å². The maximum Gasteiger partial charge on any atom is 0.322 e. The fourth-order valence-electron chi connectivity index (χ4n) is 1.71. The second-order valence-corrected chi connectivity index (χ2v) is 4.73. The van der Waals surface area contributed by atoms with Crippen molar-refractivity contribution in [1.29, 1.82) is 0 Å². The molecule has 2 rings (SSSR count). The molecule has 4 nitrogen and oxygen atoms in total. The van der Waals surface area contributed by atoms with Crippen LogP contribution >= 0.6 is 0 Å². The number of nitrogens with two attached hydrogens (primary N) is 1. The molecule has 1 fully saturated rings. The summed E-state index contributed by atoms with van der Waals surface area (Å²) in [6.07, 6.45) is 3.05. The van der Waals surface area contributed by atoms with Crippen molar-refractivity contribution in [3.05, 3.63) is 29.8 Å². The van der Waals surface area contributed by atoms with Crippen molar-refractivity contribution in [3.8, 4) is 5.75 Å². The topological polar surface area (TPSA) is 61.5 Å². The molecule has 0 spiro atoms. The van der Waals surface area contributed by atoms with Crippen molar-refractivity contribution in [2.24, 2.45) is 11.7 Å². The summed E-state index contributed by atoms with van der Waals surface area (Å²) in [5.74, 6) is 1.23. The number of ether oxygens (including phenoxy) is 2. The van der Waals surface area contributed by atoms with Gasteiger partial charge >= 0.3 is 5.97 Å². The number of hydrogen-bond donors (Lipinski definition) is 1. The lowest BCUT2D eigenvalue weighted by atomic mass is 10.1. The molecule has 4 heteroatoms. The third-order valence-electron chi connectivity index (χ3n) is 3.07. The Balaban J connectivity index is 1.84. The molecule has 0 heterocycles. The van der Waals surface area contributed by atoms with Crippen LogP contribution in [0.4, 0.5) is 0 Å². The van der Waals surface area contributed by atoms with Crippen LogP contribution in [0.2, 0.25) is 0 Å². The van der Waals surface area contributed by atoms with Gasteiger partial charge in [0.15, 0.2) is 0 Å². The van der Waals surface area contributed by atoms with Crippen molar-refractivity contribution in [2.45, 2.75) is 25.3 Å². The van der Waals surface area contributed by atoms with Crippen LogP contribution in [0.3, 0.4) is 0 Å². The summed E-state index contributed by atoms with van der Waals surface area (Å²) < 4.78 is 10.2. The van der Waals surface area contributed by atoms with Gasteiger partial charge in [-0.2, -0.15) is 0 Å². The Hall–Kier alpha value is -1.55. The van der Waals surface area contributed by atoms with E-state index in [1.165, 1.54) is 20.0 Å². The summed E-state index contributed by atoms with van der Waals surface area (Å²) >= 11 is 0. The van der Waals surface area contributed by atoms with Gasteiger partial charge in [0.2, 0.25) is 0 Å². The van der Waals surface area contributed by atoms with Crippen molar-refractivity contribution in [1.82, 2.24) is 0 Å². The Morgan fingerprint density at radius 2 is 2.06 bits per heavy atom. The van der Waals surface area contributed by atoms with Gasteiger partial charge in [-0.25, -0.2) is 0 Å². The van der Waals surface area contributed by atoms with Crippen LogP contribution in [0, 0.1) is 5.92 Å². The van der Waals surface area contributed by atoms with Crippen molar-refractivity contribution in [2.75, 3.05) is 13.7 Å². The number of carbonyl (C=O) groups is 1. The lowest BCUT2D eigenvalue weighted by molar-refractivity contribution is -0.142. The van der Waals surface area contributed by atoms with Crippen LogP contribution in [0.5, 0.6) is 5.75 Å². The van der Waals surface area contributed by atoms with Gasteiger partial charge in [0.1, 0.15) is 11.8 Å². The van der Waals surface area contributed by atoms with Crippen LogP contribution in [0.15, 0.2) is 24.3 Å². The molecular weight excluding hydrogens is 230 g/mol. The van der Waals surface area contributed by atoms with Crippen LogP contribution in [-0.4, -0.2) is 25.7 Å². The lowest BCUT2D eigenvalue weighted by Crippen LogP contribution is -2.33. The first-order valence-corrected chi connectivity index (χ1v) is 6.24. The highest BCUT2D eigenvalue weighted by atomic mass is 16.5. The van der Waals surface area contributed by atoms with E-state index in [-0.39, 0.29) is 5.97 Å². The Morgan fingerprint density at radius 1 is 1.39 bits per heavy atom. The highest BCUT2D eigenvalue weighted by Crippen LogP contribution is 2.29. The standard InChI is InChI=1S/C14H19NO3/c1-17-14(16)13(15)8-10-4-6-12(7-5-10)18-9-11-2-3-11/h4-7,11,13H,2-3,8-9,15H2,1H3/t13-/m0/s1. The Bertz CT molecular complexity index is 398. The minimum atomic E-state index is -0.603. The molecule has 1 atom stereocenters. The zero-order chi connectivity index (χ0) is 13.0. The van der Waals surface area contributed by atoms with Crippen LogP contribution in [0.1, 0.15) is 18.4 Å². The summed E-state index contributed by atoms with van der Waals surface area (Å²) in [5.41, 5.74) is 6.70. The summed E-state index contributed by atoms with van der Waals surface area (Å²) in [7, 11) is 1.34. The Morgan fingerprint density at radius 3 is 2.61 bits per heavy atom. The molecule has 0 radical (unpaired) electrons. The molecule has 1 aromatic carbocycles. The first-order chi connectivity index (χ1) is 8.69. The molecule has 0 saturated heterocycles. The van der Waals surface area contributed by atoms with E-state index in [0.29, 0.717) is 6.42 Å². The molecular formula is C14H19NO3. The second-order valence-electron chi connectivity index (χ2n) is 4.73. The molecule has 0 amide bonds. The average molecular weight is 249 g/mol. The van der Waals surface area contributed by atoms with Crippen molar-refractivity contribution in [3.63, 3.8) is 0 Å². The van der Waals surface area contributed by atoms with Gasteiger partial charge in [0.25, 0.3) is 0 Å². The molecule has 18 heavy (non-hydrogen) atoms. The van der Waals surface area contributed by atoms with Gasteiger partial charge in [0, 0.05) is 0 Å². The molecule has 1 aliphatic carbocycles. The number of esters is 1. The molecule has 2 N–H and O–H groups in total. The highest BCUT2D eigenvalue weighted by Gasteiger charge is 2.21. The van der Waals surface area contributed by atoms with Gasteiger partial charge in [-0.3, -0.25) is 4.79 Å². The minimum absolute atomic E-state index is 0.385. The molecule has 0 bridgehead atoms. The fourth-order valence-corrected chi connectivity index (χ4v) is 1.71. The van der Waals surface area contributed by atoms with Crippen LogP contribution in [-0.2, 0) is 16.0 Å². The molecule has 1 saturated carbocycles. The van der Waals surface area contributed by atoms with Crippen molar-refractivity contribution >= 4 is 5.97 Å². The van der Waals surface area contributed by atoms with E-state index in [2.05, 4.69) is 4.74 Å². The Labute approximate surface area is 107 Å². The number of rotatable bonds is 6. The number of hydrogen-bond acceptors (Lipinski definition) is 4. The van der Waals surface area contributed by atoms with E-state index >= 15 is 0 Å². The highest BCUT2D eigenvalue weighted by molar-refractivity contribution is 5.75. The third-order valence-corrected chi connectivity index (χ3v) is 3.07. The number of benzene rings is 1. The summed E-state index contributed by atoms with van der Waals surface area (Å²) in [5, 5.41) is 0. The van der Waals surface area contributed by atoms with E-state index in [1.54, 1.807) is 0 Å².